The third kappa shape index (κ3) is 3.39. The van der Waals surface area contributed by atoms with E-state index in [0.29, 0.717) is 17.5 Å². The van der Waals surface area contributed by atoms with Crippen molar-refractivity contribution >= 4 is 9.84 Å². The molecular formula is C19H27NO3S. The molecule has 0 bridgehead atoms. The third-order valence-corrected chi connectivity index (χ3v) is 8.11. The van der Waals surface area contributed by atoms with E-state index >= 15 is 0 Å². The van der Waals surface area contributed by atoms with E-state index < -0.39 is 9.84 Å². The zero-order chi connectivity index (χ0) is 16.6. The topological polar surface area (TPSA) is 55.4 Å². The first kappa shape index (κ1) is 16.6. The van der Waals surface area contributed by atoms with E-state index in [9.17, 15) is 8.42 Å². The predicted octanol–water partition coefficient (Wildman–Crippen LogP) is 2.85. The van der Waals surface area contributed by atoms with E-state index in [0.717, 1.165) is 45.1 Å². The van der Waals surface area contributed by atoms with Gasteiger partial charge in [-0.1, -0.05) is 30.3 Å². The number of nitrogens with one attached hydrogen (secondary N) is 1. The van der Waals surface area contributed by atoms with Gasteiger partial charge in [0.25, 0.3) is 0 Å². The van der Waals surface area contributed by atoms with Crippen LogP contribution in [0.4, 0.5) is 0 Å². The summed E-state index contributed by atoms with van der Waals surface area (Å²) in [5, 5.41) is 3.85. The molecule has 24 heavy (non-hydrogen) atoms. The molecule has 2 saturated heterocycles. The Morgan fingerprint density at radius 2 is 1.79 bits per heavy atom. The van der Waals surface area contributed by atoms with Gasteiger partial charge in [-0.05, 0) is 49.5 Å². The lowest BCUT2D eigenvalue weighted by atomic mass is 9.74. The molecule has 3 aliphatic rings. The first-order chi connectivity index (χ1) is 11.6. The minimum absolute atomic E-state index is 0.100. The highest BCUT2D eigenvalue weighted by atomic mass is 32.2. The van der Waals surface area contributed by atoms with Gasteiger partial charge in [-0.3, -0.25) is 0 Å². The Morgan fingerprint density at radius 3 is 2.38 bits per heavy atom. The number of hydrogen-bond acceptors (Lipinski definition) is 4. The third-order valence-electron chi connectivity index (χ3n) is 6.01. The van der Waals surface area contributed by atoms with Crippen molar-refractivity contribution in [2.75, 3.05) is 18.1 Å². The van der Waals surface area contributed by atoms with Gasteiger partial charge in [0, 0.05) is 12.6 Å². The molecule has 2 aliphatic heterocycles. The molecule has 3 fully saturated rings. The van der Waals surface area contributed by atoms with Gasteiger partial charge < -0.3 is 10.1 Å². The van der Waals surface area contributed by atoms with Gasteiger partial charge >= 0.3 is 0 Å². The van der Waals surface area contributed by atoms with E-state index in [4.69, 9.17) is 4.74 Å². The molecule has 1 N–H and O–H groups in total. The second kappa shape index (κ2) is 6.43. The number of benzene rings is 1. The fraction of sp³-hybridized carbons (Fsp3) is 0.684. The normalized spacial score (nSPS) is 30.1. The standard InChI is InChI=1S/C19H27NO3S/c21-24(22)13-19(14-24)10-8-16(9-11-19)20-18(17-7-4-12-23-17)15-5-2-1-3-6-15/h1-3,5-6,16-18,20H,4,7-14H2. The van der Waals surface area contributed by atoms with Crippen LogP contribution in [0.2, 0.25) is 0 Å². The summed E-state index contributed by atoms with van der Waals surface area (Å²) < 4.78 is 29.1. The molecule has 1 spiro atoms. The zero-order valence-electron chi connectivity index (χ0n) is 14.1. The van der Waals surface area contributed by atoms with Crippen LogP contribution in [0, 0.1) is 5.41 Å². The average Bonchev–Trinajstić information content (AvgIpc) is 3.07. The molecule has 4 nitrogen and oxygen atoms in total. The van der Waals surface area contributed by atoms with Gasteiger partial charge in [0.15, 0.2) is 9.84 Å². The van der Waals surface area contributed by atoms with Crippen LogP contribution in [0.15, 0.2) is 30.3 Å². The number of ether oxygens (including phenoxy) is 1. The lowest BCUT2D eigenvalue weighted by Gasteiger charge is -2.46. The maximum Gasteiger partial charge on any atom is 0.151 e. The number of sulfone groups is 1. The fourth-order valence-corrected chi connectivity index (χ4v) is 7.13. The molecule has 1 saturated carbocycles. The Bertz CT molecular complexity index is 645. The van der Waals surface area contributed by atoms with Crippen LogP contribution in [-0.4, -0.2) is 38.7 Å². The highest BCUT2D eigenvalue weighted by molar-refractivity contribution is 7.92. The van der Waals surface area contributed by atoms with Crippen molar-refractivity contribution in [3.8, 4) is 0 Å². The summed E-state index contributed by atoms with van der Waals surface area (Å²) >= 11 is 0. The van der Waals surface area contributed by atoms with Gasteiger partial charge in [-0.2, -0.15) is 0 Å². The summed E-state index contributed by atoms with van der Waals surface area (Å²) in [7, 11) is -2.73. The number of rotatable bonds is 4. The molecular weight excluding hydrogens is 322 g/mol. The van der Waals surface area contributed by atoms with Gasteiger partial charge in [0.2, 0.25) is 0 Å². The first-order valence-electron chi connectivity index (χ1n) is 9.18. The van der Waals surface area contributed by atoms with E-state index in [-0.39, 0.29) is 17.6 Å². The van der Waals surface area contributed by atoms with Crippen LogP contribution in [0.1, 0.15) is 50.1 Å². The van der Waals surface area contributed by atoms with Crippen LogP contribution >= 0.6 is 0 Å². The van der Waals surface area contributed by atoms with Gasteiger partial charge in [0.05, 0.1) is 23.7 Å². The van der Waals surface area contributed by atoms with E-state index in [1.807, 2.05) is 0 Å². The largest absolute Gasteiger partial charge is 0.376 e. The fourth-order valence-electron chi connectivity index (χ4n) is 4.77. The van der Waals surface area contributed by atoms with Crippen molar-refractivity contribution in [3.05, 3.63) is 35.9 Å². The SMILES string of the molecule is O=S1(=O)CC2(CCC(NC(c3ccccc3)C3CCCO3)CC2)C1. The second-order valence-electron chi connectivity index (χ2n) is 7.91. The Hall–Kier alpha value is -0.910. The molecule has 132 valence electrons. The van der Waals surface area contributed by atoms with Crippen LogP contribution in [0.5, 0.6) is 0 Å². The smallest absolute Gasteiger partial charge is 0.151 e. The molecule has 1 aliphatic carbocycles. The Morgan fingerprint density at radius 1 is 1.08 bits per heavy atom. The van der Waals surface area contributed by atoms with E-state index in [1.165, 1.54) is 5.56 Å². The lowest BCUT2D eigenvalue weighted by Crippen LogP contribution is -2.53. The molecule has 0 amide bonds. The monoisotopic (exact) mass is 349 g/mol. The van der Waals surface area contributed by atoms with Crippen LogP contribution in [0.3, 0.4) is 0 Å². The quantitative estimate of drug-likeness (QED) is 0.908. The summed E-state index contributed by atoms with van der Waals surface area (Å²) in [4.78, 5) is 0. The maximum atomic E-state index is 11.5. The van der Waals surface area contributed by atoms with Crippen molar-refractivity contribution in [3.63, 3.8) is 0 Å². The van der Waals surface area contributed by atoms with Crippen LogP contribution in [0.25, 0.3) is 0 Å². The molecule has 2 unspecified atom stereocenters. The second-order valence-corrected chi connectivity index (χ2v) is 9.98. The molecule has 2 atom stereocenters. The molecule has 0 radical (unpaired) electrons. The maximum absolute atomic E-state index is 11.5. The summed E-state index contributed by atoms with van der Waals surface area (Å²) in [6, 6.07) is 11.3. The molecule has 5 heteroatoms. The molecule has 1 aromatic carbocycles. The Balaban J connectivity index is 1.40. The van der Waals surface area contributed by atoms with Gasteiger partial charge in [-0.25, -0.2) is 8.42 Å². The highest BCUT2D eigenvalue weighted by Crippen LogP contribution is 2.46. The summed E-state index contributed by atoms with van der Waals surface area (Å²) in [6.45, 7) is 0.862. The van der Waals surface area contributed by atoms with Crippen molar-refractivity contribution < 1.29 is 13.2 Å². The zero-order valence-corrected chi connectivity index (χ0v) is 14.9. The van der Waals surface area contributed by atoms with Crippen molar-refractivity contribution in [2.45, 2.75) is 56.7 Å². The van der Waals surface area contributed by atoms with Crippen molar-refractivity contribution in [2.24, 2.45) is 5.41 Å². The van der Waals surface area contributed by atoms with E-state index in [2.05, 4.69) is 35.6 Å². The molecule has 2 heterocycles. The van der Waals surface area contributed by atoms with Gasteiger partial charge in [0.1, 0.15) is 0 Å². The summed E-state index contributed by atoms with van der Waals surface area (Å²) in [5.41, 5.74) is 1.40. The minimum atomic E-state index is -2.73. The summed E-state index contributed by atoms with van der Waals surface area (Å²) in [6.07, 6.45) is 6.74. The van der Waals surface area contributed by atoms with Crippen molar-refractivity contribution in [1.29, 1.82) is 0 Å². The lowest BCUT2D eigenvalue weighted by molar-refractivity contribution is 0.0675. The molecule has 4 rings (SSSR count). The van der Waals surface area contributed by atoms with Gasteiger partial charge in [-0.15, -0.1) is 0 Å². The minimum Gasteiger partial charge on any atom is -0.376 e. The van der Waals surface area contributed by atoms with Crippen molar-refractivity contribution in [1.82, 2.24) is 5.32 Å². The average molecular weight is 349 g/mol. The highest BCUT2D eigenvalue weighted by Gasteiger charge is 2.49. The Kier molecular flexibility index (Phi) is 4.43. The predicted molar refractivity (Wildman–Crippen MR) is 94.6 cm³/mol. The summed E-state index contributed by atoms with van der Waals surface area (Å²) in [5.74, 6) is 0.834. The van der Waals surface area contributed by atoms with E-state index in [1.54, 1.807) is 0 Å². The van der Waals surface area contributed by atoms with Crippen LogP contribution < -0.4 is 5.32 Å². The molecule has 0 aromatic heterocycles. The van der Waals surface area contributed by atoms with Crippen LogP contribution in [-0.2, 0) is 14.6 Å². The Labute approximate surface area is 144 Å². The number of hydrogen-bond donors (Lipinski definition) is 1. The first-order valence-corrected chi connectivity index (χ1v) is 11.0. The molecule has 1 aromatic rings.